The van der Waals surface area contributed by atoms with Crippen LogP contribution in [0.5, 0.6) is 5.75 Å². The molecule has 2 N–H and O–H groups in total. The second kappa shape index (κ2) is 7.11. The van der Waals surface area contributed by atoms with Gasteiger partial charge in [0.25, 0.3) is 5.69 Å². The van der Waals surface area contributed by atoms with Crippen molar-refractivity contribution in [1.29, 1.82) is 5.26 Å². The molecule has 0 saturated carbocycles. The molecule has 0 aliphatic rings. The number of ether oxygens (including phenoxy) is 1. The first kappa shape index (κ1) is 16.8. The number of hydrogen-bond donors (Lipinski definition) is 2. The van der Waals surface area contributed by atoms with Crippen molar-refractivity contribution < 1.29 is 19.6 Å². The summed E-state index contributed by atoms with van der Waals surface area (Å²) in [7, 11) is 0. The van der Waals surface area contributed by atoms with E-state index in [1.165, 1.54) is 25.1 Å². The van der Waals surface area contributed by atoms with Crippen molar-refractivity contribution in [2.75, 3.05) is 5.32 Å². The number of carboxylic acid groups (broad SMARTS) is 1. The topological polar surface area (TPSA) is 125 Å². The summed E-state index contributed by atoms with van der Waals surface area (Å²) in [4.78, 5) is 21.3. The summed E-state index contributed by atoms with van der Waals surface area (Å²) in [6, 6.07) is 12.3. The molecule has 0 spiro atoms. The Morgan fingerprint density at radius 1 is 1.33 bits per heavy atom. The Morgan fingerprint density at radius 2 is 2.00 bits per heavy atom. The van der Waals surface area contributed by atoms with Crippen molar-refractivity contribution in [2.45, 2.75) is 13.0 Å². The maximum Gasteiger partial charge on any atom is 0.344 e. The lowest BCUT2D eigenvalue weighted by molar-refractivity contribution is -0.383. The molecule has 8 heteroatoms. The number of carbonyl (C=O) groups is 1. The van der Waals surface area contributed by atoms with Gasteiger partial charge in [-0.05, 0) is 43.3 Å². The Balaban J connectivity index is 2.19. The highest BCUT2D eigenvalue weighted by atomic mass is 16.6. The Morgan fingerprint density at radius 3 is 2.54 bits per heavy atom. The highest BCUT2D eigenvalue weighted by Gasteiger charge is 2.15. The van der Waals surface area contributed by atoms with Crippen LogP contribution in [0.15, 0.2) is 42.5 Å². The van der Waals surface area contributed by atoms with Gasteiger partial charge in [-0.2, -0.15) is 5.26 Å². The fourth-order valence-corrected chi connectivity index (χ4v) is 1.88. The summed E-state index contributed by atoms with van der Waals surface area (Å²) >= 11 is 0. The number of nitrogens with zero attached hydrogens (tertiary/aromatic N) is 2. The van der Waals surface area contributed by atoms with E-state index in [4.69, 9.17) is 15.1 Å². The van der Waals surface area contributed by atoms with Gasteiger partial charge in [0.15, 0.2) is 6.10 Å². The number of nitro groups is 1. The molecule has 8 nitrogen and oxygen atoms in total. The van der Waals surface area contributed by atoms with Gasteiger partial charge in [0.1, 0.15) is 11.4 Å². The van der Waals surface area contributed by atoms with E-state index < -0.39 is 17.0 Å². The molecule has 2 aromatic rings. The zero-order chi connectivity index (χ0) is 17.7. The van der Waals surface area contributed by atoms with E-state index in [-0.39, 0.29) is 16.9 Å². The molecule has 0 fully saturated rings. The number of aliphatic carboxylic acids is 1. The monoisotopic (exact) mass is 327 g/mol. The first-order chi connectivity index (χ1) is 11.4. The SMILES string of the molecule is CC(Oc1ccc(Nc2ccc(C#N)cc2[N+](=O)[O-])cc1)C(=O)O. The average Bonchev–Trinajstić information content (AvgIpc) is 2.56. The van der Waals surface area contributed by atoms with Crippen LogP contribution in [0.3, 0.4) is 0 Å². The Kier molecular flexibility index (Phi) is 4.96. The van der Waals surface area contributed by atoms with Crippen molar-refractivity contribution in [3.05, 3.63) is 58.1 Å². The van der Waals surface area contributed by atoms with Gasteiger partial charge in [-0.25, -0.2) is 4.79 Å². The Labute approximate surface area is 137 Å². The minimum Gasteiger partial charge on any atom is -0.479 e. The fraction of sp³-hybridized carbons (Fsp3) is 0.125. The van der Waals surface area contributed by atoms with Crippen LogP contribution in [0, 0.1) is 21.4 Å². The molecule has 0 saturated heterocycles. The average molecular weight is 327 g/mol. The van der Waals surface area contributed by atoms with Crippen LogP contribution in [-0.4, -0.2) is 22.1 Å². The molecule has 122 valence electrons. The van der Waals surface area contributed by atoms with E-state index in [9.17, 15) is 14.9 Å². The zero-order valence-corrected chi connectivity index (χ0v) is 12.6. The summed E-state index contributed by atoms with van der Waals surface area (Å²) in [5, 5.41) is 31.6. The predicted octanol–water partition coefficient (Wildman–Crippen LogP) is 3.06. The molecule has 1 unspecified atom stereocenters. The lowest BCUT2D eigenvalue weighted by Crippen LogP contribution is -2.22. The summed E-state index contributed by atoms with van der Waals surface area (Å²) in [5.41, 5.74) is 0.775. The molecular formula is C16H13N3O5. The number of carboxylic acids is 1. The lowest BCUT2D eigenvalue weighted by atomic mass is 10.2. The van der Waals surface area contributed by atoms with E-state index in [1.807, 2.05) is 6.07 Å². The van der Waals surface area contributed by atoms with Gasteiger partial charge in [-0.15, -0.1) is 0 Å². The second-order valence-corrected chi connectivity index (χ2v) is 4.85. The molecule has 2 aromatic carbocycles. The molecule has 0 aliphatic carbocycles. The van der Waals surface area contributed by atoms with Crippen molar-refractivity contribution in [3.8, 4) is 11.8 Å². The van der Waals surface area contributed by atoms with Crippen LogP contribution in [-0.2, 0) is 4.79 Å². The van der Waals surface area contributed by atoms with E-state index in [0.717, 1.165) is 0 Å². The second-order valence-electron chi connectivity index (χ2n) is 4.85. The normalized spacial score (nSPS) is 11.2. The number of nitriles is 1. The van der Waals surface area contributed by atoms with Crippen LogP contribution in [0.25, 0.3) is 0 Å². The largest absolute Gasteiger partial charge is 0.479 e. The van der Waals surface area contributed by atoms with Crippen molar-refractivity contribution in [1.82, 2.24) is 0 Å². The van der Waals surface area contributed by atoms with Crippen LogP contribution in [0.1, 0.15) is 12.5 Å². The number of nitro benzene ring substituents is 1. The molecule has 0 aliphatic heterocycles. The Bertz CT molecular complexity index is 811. The third kappa shape index (κ3) is 3.98. The van der Waals surface area contributed by atoms with Crippen LogP contribution < -0.4 is 10.1 Å². The third-order valence-corrected chi connectivity index (χ3v) is 3.12. The van der Waals surface area contributed by atoms with E-state index in [1.54, 1.807) is 24.3 Å². The zero-order valence-electron chi connectivity index (χ0n) is 12.6. The number of hydrogen-bond acceptors (Lipinski definition) is 6. The molecule has 0 aromatic heterocycles. The highest BCUT2D eigenvalue weighted by Crippen LogP contribution is 2.29. The third-order valence-electron chi connectivity index (χ3n) is 3.12. The van der Waals surface area contributed by atoms with Gasteiger partial charge in [0.05, 0.1) is 16.6 Å². The maximum absolute atomic E-state index is 11.1. The fourth-order valence-electron chi connectivity index (χ4n) is 1.88. The summed E-state index contributed by atoms with van der Waals surface area (Å²) < 4.78 is 5.20. The molecule has 0 amide bonds. The van der Waals surface area contributed by atoms with Crippen LogP contribution in [0.4, 0.5) is 17.1 Å². The van der Waals surface area contributed by atoms with Crippen molar-refractivity contribution >= 4 is 23.0 Å². The molecule has 24 heavy (non-hydrogen) atoms. The number of benzene rings is 2. The molecule has 0 heterocycles. The van der Waals surface area contributed by atoms with Crippen LogP contribution in [0.2, 0.25) is 0 Å². The number of nitrogens with one attached hydrogen (secondary N) is 1. The smallest absolute Gasteiger partial charge is 0.344 e. The summed E-state index contributed by atoms with van der Waals surface area (Å²) in [6.07, 6.45) is -0.983. The van der Waals surface area contributed by atoms with E-state index in [2.05, 4.69) is 5.32 Å². The van der Waals surface area contributed by atoms with Gasteiger partial charge in [0, 0.05) is 11.8 Å². The van der Waals surface area contributed by atoms with Gasteiger partial charge < -0.3 is 15.2 Å². The predicted molar refractivity (Wildman–Crippen MR) is 85.3 cm³/mol. The first-order valence-electron chi connectivity index (χ1n) is 6.86. The number of anilines is 2. The minimum absolute atomic E-state index is 0.193. The number of rotatable bonds is 6. The minimum atomic E-state index is -1.08. The molecule has 0 radical (unpaired) electrons. The molecular weight excluding hydrogens is 314 g/mol. The van der Waals surface area contributed by atoms with Crippen molar-refractivity contribution in [3.63, 3.8) is 0 Å². The lowest BCUT2D eigenvalue weighted by Gasteiger charge is -2.11. The molecule has 2 rings (SSSR count). The van der Waals surface area contributed by atoms with E-state index in [0.29, 0.717) is 11.4 Å². The molecule has 0 bridgehead atoms. The quantitative estimate of drug-likeness (QED) is 0.616. The van der Waals surface area contributed by atoms with Gasteiger partial charge in [-0.3, -0.25) is 10.1 Å². The standard InChI is InChI=1S/C16H13N3O5/c1-10(16(20)21)24-13-5-3-12(4-6-13)18-14-7-2-11(9-17)8-15(14)19(22)23/h2-8,10,18H,1H3,(H,20,21). The maximum atomic E-state index is 11.1. The van der Waals surface area contributed by atoms with Gasteiger partial charge in [-0.1, -0.05) is 0 Å². The summed E-state index contributed by atoms with van der Waals surface area (Å²) in [6.45, 7) is 1.41. The van der Waals surface area contributed by atoms with Gasteiger partial charge >= 0.3 is 5.97 Å². The summed E-state index contributed by atoms with van der Waals surface area (Å²) in [5.74, 6) is -0.713. The first-order valence-corrected chi connectivity index (χ1v) is 6.86. The van der Waals surface area contributed by atoms with Crippen molar-refractivity contribution in [2.24, 2.45) is 0 Å². The Hall–Kier alpha value is -3.60. The van der Waals surface area contributed by atoms with Gasteiger partial charge in [0.2, 0.25) is 0 Å². The molecule has 1 atom stereocenters. The van der Waals surface area contributed by atoms with Crippen LogP contribution >= 0.6 is 0 Å². The van der Waals surface area contributed by atoms with E-state index >= 15 is 0 Å². The highest BCUT2D eigenvalue weighted by molar-refractivity contribution is 5.73.